The molecule has 74 valence electrons. The van der Waals surface area contributed by atoms with Gasteiger partial charge in [-0.05, 0) is 0 Å². The van der Waals surface area contributed by atoms with Gasteiger partial charge in [0.1, 0.15) is 5.82 Å². The largest absolute Gasteiger partial charge is 0.375 e. The summed E-state index contributed by atoms with van der Waals surface area (Å²) in [5, 5.41) is 7.31. The first-order valence-electron chi connectivity index (χ1n) is 4.44. The van der Waals surface area contributed by atoms with Gasteiger partial charge in [-0.1, -0.05) is 0 Å². The van der Waals surface area contributed by atoms with E-state index in [-0.39, 0.29) is 0 Å². The van der Waals surface area contributed by atoms with Gasteiger partial charge in [-0.25, -0.2) is 4.98 Å². The Morgan fingerprint density at radius 1 is 1.43 bits per heavy atom. The minimum atomic E-state index is 0.717. The van der Waals surface area contributed by atoms with E-state index < -0.39 is 0 Å². The third-order valence-corrected chi connectivity index (χ3v) is 2.08. The topological polar surface area (TPSA) is 47.7 Å². The van der Waals surface area contributed by atoms with Crippen LogP contribution in [0.15, 0.2) is 24.8 Å². The molecule has 0 atom stereocenters. The molecular weight excluding hydrogens is 178 g/mol. The van der Waals surface area contributed by atoms with Gasteiger partial charge in [0.15, 0.2) is 0 Å². The van der Waals surface area contributed by atoms with Crippen molar-refractivity contribution in [2.75, 3.05) is 5.32 Å². The van der Waals surface area contributed by atoms with Crippen molar-refractivity contribution < 1.29 is 0 Å². The maximum Gasteiger partial charge on any atom is 0.127 e. The SMILES string of the molecule is Cn1cc(NCc2nccn2C)cn1. The molecule has 2 rings (SSSR count). The number of nitrogens with one attached hydrogen (secondary N) is 1. The molecule has 0 bridgehead atoms. The number of hydrogen-bond donors (Lipinski definition) is 1. The van der Waals surface area contributed by atoms with Gasteiger partial charge < -0.3 is 9.88 Å². The molecule has 5 nitrogen and oxygen atoms in total. The highest BCUT2D eigenvalue weighted by molar-refractivity contribution is 5.37. The van der Waals surface area contributed by atoms with E-state index in [1.54, 1.807) is 17.1 Å². The highest BCUT2D eigenvalue weighted by Gasteiger charge is 1.99. The Hall–Kier alpha value is -1.78. The van der Waals surface area contributed by atoms with E-state index in [0.717, 1.165) is 18.1 Å². The molecule has 5 heteroatoms. The van der Waals surface area contributed by atoms with E-state index >= 15 is 0 Å². The molecule has 0 amide bonds. The predicted octanol–water partition coefficient (Wildman–Crippen LogP) is 0.766. The fourth-order valence-electron chi connectivity index (χ4n) is 1.26. The van der Waals surface area contributed by atoms with Gasteiger partial charge in [0.05, 0.1) is 18.4 Å². The predicted molar refractivity (Wildman–Crippen MR) is 53.7 cm³/mol. The second-order valence-corrected chi connectivity index (χ2v) is 3.21. The number of anilines is 1. The van der Waals surface area contributed by atoms with Gasteiger partial charge in [-0.15, -0.1) is 0 Å². The van der Waals surface area contributed by atoms with Crippen molar-refractivity contribution in [2.45, 2.75) is 6.54 Å². The third-order valence-electron chi connectivity index (χ3n) is 2.08. The number of imidazole rings is 1. The molecule has 1 N–H and O–H groups in total. The van der Waals surface area contributed by atoms with Crippen LogP contribution in [0.25, 0.3) is 0 Å². The molecule has 0 radical (unpaired) electrons. The molecule has 0 saturated carbocycles. The van der Waals surface area contributed by atoms with Gasteiger partial charge >= 0.3 is 0 Å². The number of aromatic nitrogens is 4. The quantitative estimate of drug-likeness (QED) is 0.779. The van der Waals surface area contributed by atoms with Crippen molar-refractivity contribution >= 4 is 5.69 Å². The van der Waals surface area contributed by atoms with Crippen molar-refractivity contribution in [2.24, 2.45) is 14.1 Å². The summed E-state index contributed by atoms with van der Waals surface area (Å²) in [5.74, 6) is 1.01. The van der Waals surface area contributed by atoms with Crippen LogP contribution in [-0.2, 0) is 20.6 Å². The van der Waals surface area contributed by atoms with Crippen LogP contribution in [0.3, 0.4) is 0 Å². The minimum Gasteiger partial charge on any atom is -0.375 e. The molecular formula is C9H13N5. The third kappa shape index (κ3) is 1.76. The van der Waals surface area contributed by atoms with Gasteiger partial charge in [-0.3, -0.25) is 4.68 Å². The van der Waals surface area contributed by atoms with Gasteiger partial charge in [0, 0.05) is 32.7 Å². The lowest BCUT2D eigenvalue weighted by molar-refractivity contribution is 0.767. The van der Waals surface area contributed by atoms with Crippen molar-refractivity contribution in [1.82, 2.24) is 19.3 Å². The molecule has 0 fully saturated rings. The molecule has 14 heavy (non-hydrogen) atoms. The van der Waals surface area contributed by atoms with Gasteiger partial charge in [-0.2, -0.15) is 5.10 Å². The van der Waals surface area contributed by atoms with Crippen molar-refractivity contribution in [3.63, 3.8) is 0 Å². The Bertz CT molecular complexity index is 414. The average molecular weight is 191 g/mol. The first-order valence-corrected chi connectivity index (χ1v) is 4.44. The lowest BCUT2D eigenvalue weighted by Crippen LogP contribution is -2.04. The Labute approximate surface area is 82.4 Å². The number of rotatable bonds is 3. The molecule has 0 unspecified atom stereocenters. The van der Waals surface area contributed by atoms with Crippen LogP contribution in [0.5, 0.6) is 0 Å². The van der Waals surface area contributed by atoms with Crippen molar-refractivity contribution in [3.8, 4) is 0 Å². The smallest absolute Gasteiger partial charge is 0.127 e. The number of aryl methyl sites for hydroxylation is 2. The fourth-order valence-corrected chi connectivity index (χ4v) is 1.26. The first kappa shape index (κ1) is 8.80. The van der Waals surface area contributed by atoms with Crippen LogP contribution in [0, 0.1) is 0 Å². The summed E-state index contributed by atoms with van der Waals surface area (Å²) in [6.07, 6.45) is 7.45. The van der Waals surface area contributed by atoms with E-state index in [1.165, 1.54) is 0 Å². The summed E-state index contributed by atoms with van der Waals surface area (Å²) in [6.45, 7) is 0.717. The second kappa shape index (κ2) is 3.53. The number of hydrogen-bond acceptors (Lipinski definition) is 3. The first-order chi connectivity index (χ1) is 6.75. The maximum atomic E-state index is 4.21. The van der Waals surface area contributed by atoms with Crippen LogP contribution >= 0.6 is 0 Å². The average Bonchev–Trinajstić information content (AvgIpc) is 2.72. The summed E-state index contributed by atoms with van der Waals surface area (Å²) in [6, 6.07) is 0. The molecule has 0 aliphatic heterocycles. The van der Waals surface area contributed by atoms with Gasteiger partial charge in [0.25, 0.3) is 0 Å². The van der Waals surface area contributed by atoms with E-state index in [4.69, 9.17) is 0 Å². The molecule has 2 heterocycles. The summed E-state index contributed by atoms with van der Waals surface area (Å²) in [5.41, 5.74) is 1.01. The molecule has 0 aromatic carbocycles. The molecule has 0 aliphatic rings. The zero-order valence-electron chi connectivity index (χ0n) is 8.31. The van der Waals surface area contributed by atoms with E-state index in [0.29, 0.717) is 0 Å². The second-order valence-electron chi connectivity index (χ2n) is 3.21. The van der Waals surface area contributed by atoms with Crippen LogP contribution in [0.2, 0.25) is 0 Å². The highest BCUT2D eigenvalue weighted by atomic mass is 15.3. The molecule has 0 spiro atoms. The van der Waals surface area contributed by atoms with Crippen LogP contribution < -0.4 is 5.32 Å². The molecule has 0 aliphatic carbocycles. The summed E-state index contributed by atoms with van der Waals surface area (Å²) < 4.78 is 3.75. The summed E-state index contributed by atoms with van der Waals surface area (Å²) >= 11 is 0. The van der Waals surface area contributed by atoms with Gasteiger partial charge in [0.2, 0.25) is 0 Å². The lowest BCUT2D eigenvalue weighted by Gasteiger charge is -2.02. The van der Waals surface area contributed by atoms with E-state index in [2.05, 4.69) is 15.4 Å². The molecule has 2 aromatic rings. The Balaban J connectivity index is 1.98. The monoisotopic (exact) mass is 191 g/mol. The van der Waals surface area contributed by atoms with Crippen LogP contribution in [0.4, 0.5) is 5.69 Å². The van der Waals surface area contributed by atoms with E-state index in [9.17, 15) is 0 Å². The van der Waals surface area contributed by atoms with Crippen LogP contribution in [0.1, 0.15) is 5.82 Å². The lowest BCUT2D eigenvalue weighted by atomic mass is 10.5. The highest BCUT2D eigenvalue weighted by Crippen LogP contribution is 2.05. The normalized spacial score (nSPS) is 10.4. The number of nitrogens with zero attached hydrogens (tertiary/aromatic N) is 4. The summed E-state index contributed by atoms with van der Waals surface area (Å²) in [4.78, 5) is 4.21. The standard InChI is InChI=1S/C9H13N5/c1-13-4-3-10-9(13)6-11-8-5-12-14(2)7-8/h3-5,7,11H,6H2,1-2H3. The maximum absolute atomic E-state index is 4.21. The Morgan fingerprint density at radius 2 is 2.29 bits per heavy atom. The van der Waals surface area contributed by atoms with Crippen molar-refractivity contribution in [1.29, 1.82) is 0 Å². The molecule has 0 saturated heterocycles. The van der Waals surface area contributed by atoms with E-state index in [1.807, 2.05) is 31.1 Å². The molecule has 2 aromatic heterocycles. The zero-order valence-corrected chi connectivity index (χ0v) is 8.31. The summed E-state index contributed by atoms with van der Waals surface area (Å²) in [7, 11) is 3.87. The fraction of sp³-hybridized carbons (Fsp3) is 0.333. The Morgan fingerprint density at radius 3 is 2.86 bits per heavy atom. The zero-order chi connectivity index (χ0) is 9.97. The van der Waals surface area contributed by atoms with Crippen LogP contribution in [-0.4, -0.2) is 19.3 Å². The minimum absolute atomic E-state index is 0.717. The van der Waals surface area contributed by atoms with Crippen molar-refractivity contribution in [3.05, 3.63) is 30.6 Å². The Kier molecular flexibility index (Phi) is 2.22.